The zero-order valence-electron chi connectivity index (χ0n) is 22.5. The lowest BCUT2D eigenvalue weighted by molar-refractivity contribution is -0.141. The van der Waals surface area contributed by atoms with Crippen molar-refractivity contribution in [3.05, 3.63) is 58.1 Å². The molecule has 0 bridgehead atoms. The van der Waals surface area contributed by atoms with E-state index in [-0.39, 0.29) is 43.7 Å². The number of amides is 2. The molecule has 11 heteroatoms. The van der Waals surface area contributed by atoms with Crippen LogP contribution in [0.5, 0.6) is 5.75 Å². The third kappa shape index (κ3) is 9.36. The first-order chi connectivity index (χ1) is 17.9. The molecule has 2 aromatic carbocycles. The zero-order valence-corrected chi connectivity index (χ0v) is 24.9. The number of nitrogens with zero attached hydrogens (tertiary/aromatic N) is 2. The Labute approximate surface area is 236 Å². The van der Waals surface area contributed by atoms with Crippen molar-refractivity contribution in [2.75, 3.05) is 30.8 Å². The number of ether oxygens (including phenoxy) is 1. The van der Waals surface area contributed by atoms with Gasteiger partial charge in [-0.05, 0) is 60.7 Å². The highest BCUT2D eigenvalue weighted by atomic mass is 35.5. The summed E-state index contributed by atoms with van der Waals surface area (Å²) in [5, 5.41) is 3.79. The second-order valence-electron chi connectivity index (χ2n) is 9.46. The van der Waals surface area contributed by atoms with Crippen molar-refractivity contribution in [1.29, 1.82) is 0 Å². The monoisotopic (exact) mass is 585 g/mol. The Hall–Kier alpha value is -2.49. The van der Waals surface area contributed by atoms with Gasteiger partial charge in [-0.2, -0.15) is 0 Å². The molecule has 8 nitrogen and oxygen atoms in total. The lowest BCUT2D eigenvalue weighted by Gasteiger charge is -2.31. The maximum Gasteiger partial charge on any atom is 0.242 e. The summed E-state index contributed by atoms with van der Waals surface area (Å²) in [5.74, 6) is 0.350. The number of methoxy groups -OCH3 is 1. The lowest BCUT2D eigenvalue weighted by Crippen LogP contribution is -2.49. The summed E-state index contributed by atoms with van der Waals surface area (Å²) in [6, 6.07) is 11.0. The second-order valence-corrected chi connectivity index (χ2v) is 12.2. The Kier molecular flexibility index (Phi) is 12.2. The van der Waals surface area contributed by atoms with Crippen LogP contribution < -0.4 is 14.4 Å². The number of carbonyl (C=O) groups excluding carboxylic acids is 2. The first kappa shape index (κ1) is 31.7. The summed E-state index contributed by atoms with van der Waals surface area (Å²) in [6.07, 6.45) is 1.83. The molecule has 2 rings (SSSR count). The van der Waals surface area contributed by atoms with Crippen LogP contribution in [-0.4, -0.2) is 57.6 Å². The van der Waals surface area contributed by atoms with Crippen molar-refractivity contribution in [3.8, 4) is 5.75 Å². The average Bonchev–Trinajstić information content (AvgIpc) is 2.85. The summed E-state index contributed by atoms with van der Waals surface area (Å²) in [4.78, 5) is 28.1. The molecule has 0 heterocycles. The van der Waals surface area contributed by atoms with Gasteiger partial charge in [0.2, 0.25) is 21.8 Å². The van der Waals surface area contributed by atoms with E-state index >= 15 is 0 Å². The molecule has 0 aliphatic carbocycles. The molecule has 1 N–H and O–H groups in total. The summed E-state index contributed by atoms with van der Waals surface area (Å²) >= 11 is 12.4. The first-order valence-corrected chi connectivity index (χ1v) is 15.1. The van der Waals surface area contributed by atoms with Crippen LogP contribution in [0.3, 0.4) is 0 Å². The number of halogens is 2. The van der Waals surface area contributed by atoms with Crippen LogP contribution in [0.25, 0.3) is 0 Å². The van der Waals surface area contributed by atoms with Crippen LogP contribution >= 0.6 is 23.2 Å². The number of rotatable bonds is 14. The third-order valence-electron chi connectivity index (χ3n) is 5.94. The summed E-state index contributed by atoms with van der Waals surface area (Å²) in [5.41, 5.74) is 1.14. The molecular formula is C27H37Cl2N3O5S. The van der Waals surface area contributed by atoms with E-state index in [1.807, 2.05) is 20.8 Å². The minimum atomic E-state index is -3.59. The molecule has 2 aromatic rings. The molecule has 0 aliphatic rings. The molecule has 0 unspecified atom stereocenters. The lowest BCUT2D eigenvalue weighted by atomic mass is 10.1. The molecule has 0 aliphatic heterocycles. The highest BCUT2D eigenvalue weighted by Crippen LogP contribution is 2.25. The molecule has 0 aromatic heterocycles. The minimum absolute atomic E-state index is 0.0430. The minimum Gasteiger partial charge on any atom is -0.497 e. The molecule has 1 atom stereocenters. The van der Waals surface area contributed by atoms with E-state index in [2.05, 4.69) is 5.32 Å². The van der Waals surface area contributed by atoms with Gasteiger partial charge < -0.3 is 15.0 Å². The summed E-state index contributed by atoms with van der Waals surface area (Å²) < 4.78 is 31.4. The maximum atomic E-state index is 13.5. The molecule has 0 spiro atoms. The largest absolute Gasteiger partial charge is 0.497 e. The van der Waals surface area contributed by atoms with E-state index in [0.29, 0.717) is 40.0 Å². The van der Waals surface area contributed by atoms with Crippen molar-refractivity contribution in [2.45, 2.75) is 52.6 Å². The van der Waals surface area contributed by atoms with Gasteiger partial charge in [0.15, 0.2) is 0 Å². The summed E-state index contributed by atoms with van der Waals surface area (Å²) in [6.45, 7) is 6.55. The predicted molar refractivity (Wildman–Crippen MR) is 153 cm³/mol. The fourth-order valence-corrected chi connectivity index (χ4v) is 5.36. The van der Waals surface area contributed by atoms with Gasteiger partial charge in [0.1, 0.15) is 11.8 Å². The van der Waals surface area contributed by atoms with E-state index in [4.69, 9.17) is 27.9 Å². The van der Waals surface area contributed by atoms with Crippen LogP contribution in [-0.2, 0) is 26.2 Å². The third-order valence-corrected chi connectivity index (χ3v) is 7.72. The number of nitrogens with one attached hydrogen (secondary N) is 1. The van der Waals surface area contributed by atoms with Gasteiger partial charge in [0, 0.05) is 36.1 Å². The Morgan fingerprint density at radius 2 is 1.74 bits per heavy atom. The Balaban J connectivity index is 2.24. The van der Waals surface area contributed by atoms with Gasteiger partial charge in [-0.1, -0.05) is 50.0 Å². The number of carbonyl (C=O) groups is 2. The fourth-order valence-electron chi connectivity index (χ4n) is 3.93. The second kappa shape index (κ2) is 14.6. The number of anilines is 1. The van der Waals surface area contributed by atoms with Gasteiger partial charge in [0.25, 0.3) is 0 Å². The van der Waals surface area contributed by atoms with Crippen molar-refractivity contribution in [1.82, 2.24) is 10.2 Å². The van der Waals surface area contributed by atoms with Crippen LogP contribution in [0.1, 0.15) is 45.6 Å². The number of benzene rings is 2. The molecule has 38 heavy (non-hydrogen) atoms. The number of hydrogen-bond donors (Lipinski definition) is 1. The number of hydrogen-bond acceptors (Lipinski definition) is 5. The summed E-state index contributed by atoms with van der Waals surface area (Å²) in [7, 11) is -2.06. The van der Waals surface area contributed by atoms with Crippen LogP contribution in [0.4, 0.5) is 5.69 Å². The average molecular weight is 587 g/mol. The van der Waals surface area contributed by atoms with Gasteiger partial charge in [-0.15, -0.1) is 0 Å². The molecule has 210 valence electrons. The van der Waals surface area contributed by atoms with Gasteiger partial charge >= 0.3 is 0 Å². The van der Waals surface area contributed by atoms with Crippen molar-refractivity contribution < 1.29 is 22.7 Å². The predicted octanol–water partition coefficient (Wildman–Crippen LogP) is 5.13. The molecule has 2 amide bonds. The van der Waals surface area contributed by atoms with Crippen LogP contribution in [0.15, 0.2) is 42.5 Å². The molecule has 0 saturated carbocycles. The first-order valence-electron chi connectivity index (χ1n) is 12.5. The van der Waals surface area contributed by atoms with E-state index in [1.54, 1.807) is 42.5 Å². The smallest absolute Gasteiger partial charge is 0.242 e. The SMILES string of the molecule is CC[C@@H](C(=O)NCC(C)C)N(Cc1ccc(Cl)cc1Cl)C(=O)CCCN(c1ccc(OC)cc1)S(C)(=O)=O. The van der Waals surface area contributed by atoms with Crippen molar-refractivity contribution >= 4 is 50.7 Å². The van der Waals surface area contributed by atoms with Gasteiger partial charge in [0.05, 0.1) is 19.1 Å². The highest BCUT2D eigenvalue weighted by Gasteiger charge is 2.29. The Morgan fingerprint density at radius 1 is 1.08 bits per heavy atom. The standard InChI is InChI=1S/C27H37Cl2N3O5S/c1-6-25(27(34)30-17-19(2)3)31(18-20-9-10-21(28)16-24(20)29)26(33)8-7-15-32(38(5,35)36)22-11-13-23(37-4)14-12-22/h9-14,16,19,25H,6-8,15,17-18H2,1-5H3,(H,30,34)/t25-/m0/s1. The van der Waals surface area contributed by atoms with E-state index in [1.165, 1.54) is 16.3 Å². The zero-order chi connectivity index (χ0) is 28.5. The van der Waals surface area contributed by atoms with Gasteiger partial charge in [-0.3, -0.25) is 13.9 Å². The maximum absolute atomic E-state index is 13.5. The molecule has 0 fully saturated rings. The highest BCUT2D eigenvalue weighted by molar-refractivity contribution is 7.92. The normalized spacial score (nSPS) is 12.2. The quantitative estimate of drug-likeness (QED) is 0.331. The topological polar surface area (TPSA) is 96.0 Å². The van der Waals surface area contributed by atoms with Gasteiger partial charge in [-0.25, -0.2) is 8.42 Å². The van der Waals surface area contributed by atoms with E-state index in [0.717, 1.165) is 6.26 Å². The number of sulfonamides is 1. The van der Waals surface area contributed by atoms with Crippen molar-refractivity contribution in [3.63, 3.8) is 0 Å². The molecular weight excluding hydrogens is 549 g/mol. The van der Waals surface area contributed by atoms with E-state index in [9.17, 15) is 18.0 Å². The van der Waals surface area contributed by atoms with Crippen molar-refractivity contribution in [2.24, 2.45) is 5.92 Å². The van der Waals surface area contributed by atoms with E-state index < -0.39 is 16.1 Å². The Morgan fingerprint density at radius 3 is 2.26 bits per heavy atom. The van der Waals surface area contributed by atoms with Crippen LogP contribution in [0, 0.1) is 5.92 Å². The molecule has 0 saturated heterocycles. The van der Waals surface area contributed by atoms with Crippen LogP contribution in [0.2, 0.25) is 10.0 Å². The molecule has 0 radical (unpaired) electrons. The fraction of sp³-hybridized carbons (Fsp3) is 0.481. The Bertz CT molecular complexity index is 1190.